The largest absolute Gasteiger partial charge is 0.462 e. The fourth-order valence-corrected chi connectivity index (χ4v) is 8.98. The van der Waals surface area contributed by atoms with Gasteiger partial charge < -0.3 is 14.2 Å². The van der Waals surface area contributed by atoms with E-state index in [0.29, 0.717) is 19.3 Å². The predicted octanol–water partition coefficient (Wildman–Crippen LogP) is 23.7. The van der Waals surface area contributed by atoms with E-state index >= 15 is 0 Å². The van der Waals surface area contributed by atoms with Gasteiger partial charge in [0.05, 0.1) is 0 Å². The van der Waals surface area contributed by atoms with Crippen LogP contribution < -0.4 is 0 Å². The Labute approximate surface area is 511 Å². The van der Waals surface area contributed by atoms with Crippen molar-refractivity contribution in [2.45, 2.75) is 297 Å². The van der Waals surface area contributed by atoms with Gasteiger partial charge in [-0.2, -0.15) is 0 Å². The molecule has 1 unspecified atom stereocenters. The fourth-order valence-electron chi connectivity index (χ4n) is 8.98. The van der Waals surface area contributed by atoms with Crippen molar-refractivity contribution in [3.8, 4) is 0 Å². The van der Waals surface area contributed by atoms with Crippen molar-refractivity contribution in [3.63, 3.8) is 0 Å². The number of ether oxygens (including phenoxy) is 3. The summed E-state index contributed by atoms with van der Waals surface area (Å²) >= 11 is 0. The van der Waals surface area contributed by atoms with E-state index < -0.39 is 6.10 Å². The standard InChI is InChI=1S/C77H124O6/c1-4-7-10-13-16-19-22-25-28-30-32-34-36-37-38-39-41-42-44-46-49-52-55-58-61-64-67-70-76(79)82-73-74(72-81-75(78)69-66-63-60-57-54-51-48-27-24-21-18-15-12-9-6-3)83-77(80)71-68-65-62-59-56-53-50-47-45-43-40-35-33-31-29-26-23-20-17-14-11-8-5-2/h7-8,10-11,16-21,25-29,32-35,43,45,48,50,53,59,62,74H,4-6,9,12-15,22-24,30-31,36-42,44,46-47,49,51-52,54-58,60-61,63-73H2,1-3H3/b10-7-,11-8-,19-16-,20-17-,21-18-,28-25-,29-26-,34-32-,35-33-,45-43-,48-27-,53-50-,62-59-. The molecule has 0 saturated carbocycles. The van der Waals surface area contributed by atoms with E-state index in [4.69, 9.17) is 14.2 Å². The highest BCUT2D eigenvalue weighted by atomic mass is 16.6. The first kappa shape index (κ1) is 78.0. The van der Waals surface area contributed by atoms with Gasteiger partial charge in [-0.15, -0.1) is 0 Å². The maximum absolute atomic E-state index is 12.9. The summed E-state index contributed by atoms with van der Waals surface area (Å²) in [4.78, 5) is 38.4. The van der Waals surface area contributed by atoms with Crippen LogP contribution in [0.5, 0.6) is 0 Å². The molecule has 0 rings (SSSR count). The quantitative estimate of drug-likeness (QED) is 0.0261. The van der Waals surface area contributed by atoms with Crippen molar-refractivity contribution >= 4 is 17.9 Å². The lowest BCUT2D eigenvalue weighted by Gasteiger charge is -2.18. The Kier molecular flexibility index (Phi) is 65.4. The molecule has 0 radical (unpaired) electrons. The van der Waals surface area contributed by atoms with Gasteiger partial charge in [-0.05, 0) is 141 Å². The zero-order valence-electron chi connectivity index (χ0n) is 53.7. The lowest BCUT2D eigenvalue weighted by atomic mass is 10.0. The number of rotatable bonds is 60. The average Bonchev–Trinajstić information content (AvgIpc) is 3.49. The maximum Gasteiger partial charge on any atom is 0.306 e. The SMILES string of the molecule is CC/C=C\C/C=C\C/C=C\C/C=C\C/C=C\C/C=C\C/C=C\CCCC(=O)OC(COC(=O)CCCCCCC/C=C\C/C=C\CCCCC)COC(=O)CCCCCCCCCCCCCCCC/C=C\C/C=C\C/C=C\C/C=C\CC. The first-order chi connectivity index (χ1) is 41.0. The van der Waals surface area contributed by atoms with E-state index in [2.05, 4.69) is 179 Å². The van der Waals surface area contributed by atoms with Crippen LogP contribution in [-0.4, -0.2) is 37.2 Å². The molecule has 0 saturated heterocycles. The minimum absolute atomic E-state index is 0.111. The number of esters is 3. The third-order valence-corrected chi connectivity index (χ3v) is 14.0. The van der Waals surface area contributed by atoms with E-state index in [1.165, 1.54) is 103 Å². The van der Waals surface area contributed by atoms with Crippen LogP contribution in [0.1, 0.15) is 290 Å². The van der Waals surface area contributed by atoms with Gasteiger partial charge >= 0.3 is 17.9 Å². The lowest BCUT2D eigenvalue weighted by Crippen LogP contribution is -2.30. The molecule has 0 N–H and O–H groups in total. The molecule has 0 aliphatic heterocycles. The van der Waals surface area contributed by atoms with Crippen molar-refractivity contribution in [2.24, 2.45) is 0 Å². The van der Waals surface area contributed by atoms with Gasteiger partial charge in [0.15, 0.2) is 6.10 Å². The molecule has 83 heavy (non-hydrogen) atoms. The van der Waals surface area contributed by atoms with Gasteiger partial charge in [-0.25, -0.2) is 0 Å². The summed E-state index contributed by atoms with van der Waals surface area (Å²) < 4.78 is 16.9. The van der Waals surface area contributed by atoms with E-state index in [1.54, 1.807) is 0 Å². The molecule has 0 aliphatic carbocycles. The third kappa shape index (κ3) is 67.7. The van der Waals surface area contributed by atoms with Crippen LogP contribution in [0.2, 0.25) is 0 Å². The highest BCUT2D eigenvalue weighted by Gasteiger charge is 2.19. The van der Waals surface area contributed by atoms with Crippen LogP contribution in [0.3, 0.4) is 0 Å². The van der Waals surface area contributed by atoms with Crippen LogP contribution in [0.15, 0.2) is 158 Å². The maximum atomic E-state index is 12.9. The number of unbranched alkanes of at least 4 members (excludes halogenated alkanes) is 23. The van der Waals surface area contributed by atoms with Crippen molar-refractivity contribution in [3.05, 3.63) is 158 Å². The molecule has 0 aliphatic rings. The van der Waals surface area contributed by atoms with Crippen molar-refractivity contribution in [2.75, 3.05) is 13.2 Å². The molecule has 0 aromatic rings. The Bertz CT molecular complexity index is 1840. The molecule has 0 fully saturated rings. The van der Waals surface area contributed by atoms with Crippen molar-refractivity contribution in [1.82, 2.24) is 0 Å². The minimum Gasteiger partial charge on any atom is -0.462 e. The Balaban J connectivity index is 4.44. The van der Waals surface area contributed by atoms with Crippen LogP contribution in [0, 0.1) is 0 Å². The van der Waals surface area contributed by atoms with Crippen LogP contribution in [0.4, 0.5) is 0 Å². The highest BCUT2D eigenvalue weighted by Crippen LogP contribution is 2.16. The number of carbonyl (C=O) groups excluding carboxylic acids is 3. The second-order valence-corrected chi connectivity index (χ2v) is 22.0. The van der Waals surface area contributed by atoms with E-state index in [-0.39, 0.29) is 37.5 Å². The molecule has 0 aromatic carbocycles. The van der Waals surface area contributed by atoms with E-state index in [1.807, 2.05) is 0 Å². The fraction of sp³-hybridized carbons (Fsp3) is 0.623. The monoisotopic (exact) mass is 1140 g/mol. The summed E-state index contributed by atoms with van der Waals surface area (Å²) in [5, 5.41) is 0. The lowest BCUT2D eigenvalue weighted by molar-refractivity contribution is -0.167. The summed E-state index contributed by atoms with van der Waals surface area (Å²) in [5.41, 5.74) is 0. The van der Waals surface area contributed by atoms with Gasteiger partial charge in [0.1, 0.15) is 13.2 Å². The molecule has 1 atom stereocenters. The molecule has 0 aromatic heterocycles. The van der Waals surface area contributed by atoms with Gasteiger partial charge in [-0.3, -0.25) is 14.4 Å². The van der Waals surface area contributed by atoms with Crippen molar-refractivity contribution in [1.29, 1.82) is 0 Å². The van der Waals surface area contributed by atoms with Crippen LogP contribution in [0.25, 0.3) is 0 Å². The summed E-state index contributed by atoms with van der Waals surface area (Å²) in [7, 11) is 0. The minimum atomic E-state index is -0.823. The molecule has 468 valence electrons. The van der Waals surface area contributed by atoms with Gasteiger partial charge in [0.25, 0.3) is 0 Å². The normalized spacial score (nSPS) is 13.1. The Hall–Kier alpha value is -4.97. The number of carbonyl (C=O) groups is 3. The van der Waals surface area contributed by atoms with Gasteiger partial charge in [0.2, 0.25) is 0 Å². The Morgan fingerprint density at radius 2 is 0.482 bits per heavy atom. The zero-order valence-corrected chi connectivity index (χ0v) is 53.7. The number of hydrogen-bond donors (Lipinski definition) is 0. The Morgan fingerprint density at radius 1 is 0.253 bits per heavy atom. The average molecular weight is 1150 g/mol. The summed E-state index contributed by atoms with van der Waals surface area (Å²) in [6, 6.07) is 0. The second kappa shape index (κ2) is 69.5. The molecule has 0 heterocycles. The van der Waals surface area contributed by atoms with Gasteiger partial charge in [-0.1, -0.05) is 288 Å². The van der Waals surface area contributed by atoms with Crippen LogP contribution in [-0.2, 0) is 28.6 Å². The first-order valence-electron chi connectivity index (χ1n) is 34.0. The third-order valence-electron chi connectivity index (χ3n) is 14.0. The molecule has 6 nitrogen and oxygen atoms in total. The number of allylic oxidation sites excluding steroid dienone is 26. The second-order valence-electron chi connectivity index (χ2n) is 22.0. The molecular weight excluding hydrogens is 1020 g/mol. The molecule has 0 amide bonds. The molecule has 6 heteroatoms. The zero-order chi connectivity index (χ0) is 59.9. The molecular formula is C77H124O6. The topological polar surface area (TPSA) is 78.9 Å². The smallest absolute Gasteiger partial charge is 0.306 e. The molecule has 0 bridgehead atoms. The Morgan fingerprint density at radius 3 is 0.771 bits per heavy atom. The molecule has 0 spiro atoms. The predicted molar refractivity (Wildman–Crippen MR) is 362 cm³/mol. The van der Waals surface area contributed by atoms with Gasteiger partial charge in [0, 0.05) is 19.3 Å². The summed E-state index contributed by atoms with van der Waals surface area (Å²) in [6.07, 6.45) is 101. The first-order valence-corrected chi connectivity index (χ1v) is 34.0. The van der Waals surface area contributed by atoms with E-state index in [0.717, 1.165) is 141 Å². The van der Waals surface area contributed by atoms with E-state index in [9.17, 15) is 14.4 Å². The van der Waals surface area contributed by atoms with Crippen molar-refractivity contribution < 1.29 is 28.6 Å². The summed E-state index contributed by atoms with van der Waals surface area (Å²) in [6.45, 7) is 6.34. The van der Waals surface area contributed by atoms with Crippen LogP contribution >= 0.6 is 0 Å². The highest BCUT2D eigenvalue weighted by molar-refractivity contribution is 5.71. The summed E-state index contributed by atoms with van der Waals surface area (Å²) in [5.74, 6) is -0.984. The number of hydrogen-bond acceptors (Lipinski definition) is 6.